The molecule has 0 saturated carbocycles. The van der Waals surface area contributed by atoms with E-state index in [0.29, 0.717) is 11.6 Å². The van der Waals surface area contributed by atoms with Gasteiger partial charge in [-0.15, -0.1) is 0 Å². The Hall–Kier alpha value is -1.39. The first-order chi connectivity index (χ1) is 9.66. The van der Waals surface area contributed by atoms with Crippen molar-refractivity contribution in [2.24, 2.45) is 0 Å². The molecule has 0 aromatic heterocycles. The van der Waals surface area contributed by atoms with Crippen molar-refractivity contribution in [2.45, 2.75) is 19.3 Å². The zero-order valence-corrected chi connectivity index (χ0v) is 12.0. The van der Waals surface area contributed by atoms with Crippen molar-refractivity contribution in [1.82, 2.24) is 10.6 Å². The Labute approximate surface area is 123 Å². The highest BCUT2D eigenvalue weighted by Crippen LogP contribution is 2.19. The van der Waals surface area contributed by atoms with Gasteiger partial charge in [-0.2, -0.15) is 0 Å². The molecule has 0 aliphatic carbocycles. The van der Waals surface area contributed by atoms with Crippen molar-refractivity contribution in [3.8, 4) is 0 Å². The summed E-state index contributed by atoms with van der Waals surface area (Å²) in [6.45, 7) is 2.47. The fraction of sp³-hybridized carbons (Fsp3) is 0.400. The van der Waals surface area contributed by atoms with E-state index in [0.717, 1.165) is 25.9 Å². The van der Waals surface area contributed by atoms with Gasteiger partial charge in [0.1, 0.15) is 5.82 Å². The molecule has 0 spiro atoms. The number of nitrogens with one attached hydrogen (secondary N) is 2. The van der Waals surface area contributed by atoms with Crippen LogP contribution in [0.3, 0.4) is 0 Å². The number of amides is 1. The van der Waals surface area contributed by atoms with E-state index in [4.69, 9.17) is 11.6 Å². The van der Waals surface area contributed by atoms with E-state index in [2.05, 4.69) is 16.7 Å². The number of carbonyl (C=O) groups is 1. The Morgan fingerprint density at radius 1 is 1.45 bits per heavy atom. The molecular formula is C15H18ClFN2O. The first kappa shape index (κ1) is 15.0. The molecule has 2 rings (SSSR count). The van der Waals surface area contributed by atoms with E-state index in [9.17, 15) is 9.18 Å². The third kappa shape index (κ3) is 4.32. The van der Waals surface area contributed by atoms with Gasteiger partial charge in [-0.25, -0.2) is 4.39 Å². The number of halogens is 2. The normalized spacial score (nSPS) is 14.8. The van der Waals surface area contributed by atoms with E-state index in [1.807, 2.05) is 0 Å². The topological polar surface area (TPSA) is 41.1 Å². The Morgan fingerprint density at radius 3 is 3.00 bits per heavy atom. The van der Waals surface area contributed by atoms with Gasteiger partial charge in [-0.05, 0) is 31.5 Å². The molecule has 2 N–H and O–H groups in total. The van der Waals surface area contributed by atoms with Crippen molar-refractivity contribution < 1.29 is 9.18 Å². The molecule has 1 aromatic rings. The van der Waals surface area contributed by atoms with Crippen molar-refractivity contribution in [1.29, 1.82) is 0 Å². The van der Waals surface area contributed by atoms with Crippen molar-refractivity contribution >= 4 is 17.5 Å². The molecule has 1 aliphatic rings. The number of hydrogen-bond donors (Lipinski definition) is 2. The molecule has 0 saturated heterocycles. The third-order valence-electron chi connectivity index (χ3n) is 3.33. The molecule has 1 aliphatic heterocycles. The molecule has 0 bridgehead atoms. The molecule has 108 valence electrons. The SMILES string of the molecule is O=C(Cc1c(F)cccc1Cl)NCCC1=CCNCC1. The van der Waals surface area contributed by atoms with Crippen LogP contribution in [0.1, 0.15) is 18.4 Å². The summed E-state index contributed by atoms with van der Waals surface area (Å²) < 4.78 is 13.5. The fourth-order valence-electron chi connectivity index (χ4n) is 2.18. The summed E-state index contributed by atoms with van der Waals surface area (Å²) in [7, 11) is 0. The maximum atomic E-state index is 13.5. The fourth-order valence-corrected chi connectivity index (χ4v) is 2.41. The van der Waals surface area contributed by atoms with E-state index in [-0.39, 0.29) is 17.9 Å². The van der Waals surface area contributed by atoms with Gasteiger partial charge in [-0.3, -0.25) is 4.79 Å². The summed E-state index contributed by atoms with van der Waals surface area (Å²) >= 11 is 5.89. The van der Waals surface area contributed by atoms with Crippen molar-refractivity contribution in [2.75, 3.05) is 19.6 Å². The Kier molecular flexibility index (Phi) is 5.56. The lowest BCUT2D eigenvalue weighted by atomic mass is 10.1. The Bertz CT molecular complexity index is 496. The lowest BCUT2D eigenvalue weighted by Gasteiger charge is -2.14. The van der Waals surface area contributed by atoms with Crippen LogP contribution in [0.5, 0.6) is 0 Å². The van der Waals surface area contributed by atoms with Gasteiger partial charge in [0.2, 0.25) is 5.91 Å². The highest BCUT2D eigenvalue weighted by atomic mass is 35.5. The standard InChI is InChI=1S/C15H18ClFN2O/c16-13-2-1-3-14(17)12(13)10-15(20)19-9-6-11-4-7-18-8-5-11/h1-4,18H,5-10H2,(H,19,20). The van der Waals surface area contributed by atoms with Crippen LogP contribution in [-0.2, 0) is 11.2 Å². The minimum absolute atomic E-state index is 0.0217. The second-order valence-electron chi connectivity index (χ2n) is 4.79. The third-order valence-corrected chi connectivity index (χ3v) is 3.68. The summed E-state index contributed by atoms with van der Waals surface area (Å²) in [5, 5.41) is 6.34. The summed E-state index contributed by atoms with van der Waals surface area (Å²) in [5.74, 6) is -0.639. The van der Waals surface area contributed by atoms with Crippen LogP contribution in [-0.4, -0.2) is 25.5 Å². The van der Waals surface area contributed by atoms with Crippen LogP contribution in [0.2, 0.25) is 5.02 Å². The van der Waals surface area contributed by atoms with E-state index in [1.165, 1.54) is 17.7 Å². The molecule has 1 aromatic carbocycles. The van der Waals surface area contributed by atoms with Crippen LogP contribution >= 0.6 is 11.6 Å². The summed E-state index contributed by atoms with van der Waals surface area (Å²) in [6.07, 6.45) is 4.00. The Morgan fingerprint density at radius 2 is 2.30 bits per heavy atom. The van der Waals surface area contributed by atoms with Gasteiger partial charge in [0.05, 0.1) is 6.42 Å². The maximum Gasteiger partial charge on any atom is 0.224 e. The molecule has 3 nitrogen and oxygen atoms in total. The smallest absolute Gasteiger partial charge is 0.224 e. The van der Waals surface area contributed by atoms with Gasteiger partial charge in [-0.1, -0.05) is 29.3 Å². The van der Waals surface area contributed by atoms with Gasteiger partial charge in [0.25, 0.3) is 0 Å². The van der Waals surface area contributed by atoms with Crippen LogP contribution in [0.4, 0.5) is 4.39 Å². The number of hydrogen-bond acceptors (Lipinski definition) is 2. The first-order valence-corrected chi connectivity index (χ1v) is 7.13. The van der Waals surface area contributed by atoms with Crippen LogP contribution in [0, 0.1) is 5.82 Å². The average Bonchev–Trinajstić information content (AvgIpc) is 2.44. The molecule has 0 radical (unpaired) electrons. The zero-order chi connectivity index (χ0) is 14.4. The highest BCUT2D eigenvalue weighted by Gasteiger charge is 2.11. The van der Waals surface area contributed by atoms with Crippen LogP contribution in [0.25, 0.3) is 0 Å². The minimum atomic E-state index is -0.436. The number of carbonyl (C=O) groups excluding carboxylic acids is 1. The lowest BCUT2D eigenvalue weighted by molar-refractivity contribution is -0.120. The highest BCUT2D eigenvalue weighted by molar-refractivity contribution is 6.31. The lowest BCUT2D eigenvalue weighted by Crippen LogP contribution is -2.28. The minimum Gasteiger partial charge on any atom is -0.355 e. The van der Waals surface area contributed by atoms with Gasteiger partial charge in [0.15, 0.2) is 0 Å². The zero-order valence-electron chi connectivity index (χ0n) is 11.2. The van der Waals surface area contributed by atoms with E-state index >= 15 is 0 Å². The van der Waals surface area contributed by atoms with Crippen molar-refractivity contribution in [3.05, 3.63) is 46.3 Å². The monoisotopic (exact) mass is 296 g/mol. The summed E-state index contributed by atoms with van der Waals surface area (Å²) in [4.78, 5) is 11.8. The molecule has 5 heteroatoms. The van der Waals surface area contributed by atoms with E-state index in [1.54, 1.807) is 6.07 Å². The molecule has 0 atom stereocenters. The molecule has 0 unspecified atom stereocenters. The van der Waals surface area contributed by atoms with Crippen LogP contribution in [0.15, 0.2) is 29.8 Å². The summed E-state index contributed by atoms with van der Waals surface area (Å²) in [6, 6.07) is 4.43. The second-order valence-corrected chi connectivity index (χ2v) is 5.20. The first-order valence-electron chi connectivity index (χ1n) is 6.75. The van der Waals surface area contributed by atoms with Gasteiger partial charge in [0, 0.05) is 23.7 Å². The number of benzene rings is 1. The largest absolute Gasteiger partial charge is 0.355 e. The van der Waals surface area contributed by atoms with Crippen LogP contribution < -0.4 is 10.6 Å². The molecule has 1 heterocycles. The van der Waals surface area contributed by atoms with Gasteiger partial charge < -0.3 is 10.6 Å². The predicted molar refractivity (Wildman–Crippen MR) is 78.3 cm³/mol. The molecule has 0 fully saturated rings. The Balaban J connectivity index is 1.79. The van der Waals surface area contributed by atoms with Gasteiger partial charge >= 0.3 is 0 Å². The maximum absolute atomic E-state index is 13.5. The summed E-state index contributed by atoms with van der Waals surface area (Å²) in [5.41, 5.74) is 1.61. The quantitative estimate of drug-likeness (QED) is 0.820. The second kappa shape index (κ2) is 7.41. The number of rotatable bonds is 5. The molecule has 1 amide bonds. The average molecular weight is 297 g/mol. The molecular weight excluding hydrogens is 279 g/mol. The van der Waals surface area contributed by atoms with Crippen molar-refractivity contribution in [3.63, 3.8) is 0 Å². The predicted octanol–water partition coefficient (Wildman–Crippen LogP) is 2.45. The molecule has 20 heavy (non-hydrogen) atoms. The van der Waals surface area contributed by atoms with E-state index < -0.39 is 5.82 Å².